The number of aromatic nitrogens is 2. The van der Waals surface area contributed by atoms with Crippen LogP contribution in [0.15, 0.2) is 62.3 Å². The zero-order valence-electron chi connectivity index (χ0n) is 16.1. The first-order chi connectivity index (χ1) is 14.9. The van der Waals surface area contributed by atoms with Crippen LogP contribution in [0.5, 0.6) is 0 Å². The first kappa shape index (κ1) is 23.2. The van der Waals surface area contributed by atoms with Gasteiger partial charge in [0.1, 0.15) is 0 Å². The first-order valence-corrected chi connectivity index (χ1v) is 12.0. The SMILES string of the molecule is C/C(=N\NC(=O)CSc1nnc(SCc2ccc(Cl)cc2)s1)c1cccc([N+](=O)[O-])c1. The highest BCUT2D eigenvalue weighted by Gasteiger charge is 2.10. The first-order valence-electron chi connectivity index (χ1n) is 8.82. The summed E-state index contributed by atoms with van der Waals surface area (Å²) >= 11 is 10.1. The maximum Gasteiger partial charge on any atom is 0.270 e. The van der Waals surface area contributed by atoms with Crippen LogP contribution in [0.2, 0.25) is 5.02 Å². The van der Waals surface area contributed by atoms with E-state index in [1.807, 2.05) is 24.3 Å². The molecule has 1 heterocycles. The predicted molar refractivity (Wildman–Crippen MR) is 125 cm³/mol. The molecule has 3 rings (SSSR count). The summed E-state index contributed by atoms with van der Waals surface area (Å²) in [6.07, 6.45) is 0. The number of thioether (sulfide) groups is 2. The average molecular weight is 494 g/mol. The van der Waals surface area contributed by atoms with Gasteiger partial charge in [0.05, 0.1) is 16.4 Å². The van der Waals surface area contributed by atoms with E-state index in [9.17, 15) is 14.9 Å². The van der Waals surface area contributed by atoms with Crippen LogP contribution in [0.1, 0.15) is 18.1 Å². The Labute approximate surface area is 195 Å². The number of carbonyl (C=O) groups excluding carboxylic acids is 1. The maximum absolute atomic E-state index is 12.1. The minimum atomic E-state index is -0.476. The third-order valence-corrected chi connectivity index (χ3v) is 7.33. The van der Waals surface area contributed by atoms with Crippen molar-refractivity contribution in [2.75, 3.05) is 5.75 Å². The van der Waals surface area contributed by atoms with Gasteiger partial charge in [0, 0.05) is 28.5 Å². The van der Waals surface area contributed by atoms with Crippen LogP contribution in [-0.2, 0) is 10.5 Å². The van der Waals surface area contributed by atoms with Crippen LogP contribution >= 0.6 is 46.5 Å². The fourth-order valence-electron chi connectivity index (χ4n) is 2.25. The molecule has 0 atom stereocenters. The summed E-state index contributed by atoms with van der Waals surface area (Å²) < 4.78 is 1.51. The lowest BCUT2D eigenvalue weighted by molar-refractivity contribution is -0.384. The molecule has 2 aromatic carbocycles. The van der Waals surface area contributed by atoms with Crippen molar-refractivity contribution in [3.05, 3.63) is 74.8 Å². The summed E-state index contributed by atoms with van der Waals surface area (Å²) in [4.78, 5) is 22.5. The van der Waals surface area contributed by atoms with E-state index < -0.39 is 4.92 Å². The molecule has 1 N–H and O–H groups in total. The summed E-state index contributed by atoms with van der Waals surface area (Å²) in [5.74, 6) is 0.575. The number of benzene rings is 2. The van der Waals surface area contributed by atoms with Crippen molar-refractivity contribution in [2.45, 2.75) is 21.4 Å². The summed E-state index contributed by atoms with van der Waals surface area (Å²) in [6, 6.07) is 13.7. The molecule has 8 nitrogen and oxygen atoms in total. The monoisotopic (exact) mass is 493 g/mol. The second kappa shape index (κ2) is 11.2. The third kappa shape index (κ3) is 7.31. The highest BCUT2D eigenvalue weighted by molar-refractivity contribution is 8.03. The van der Waals surface area contributed by atoms with Crippen molar-refractivity contribution >= 4 is 63.8 Å². The second-order valence-electron chi connectivity index (χ2n) is 6.08. The quantitative estimate of drug-likeness (QED) is 0.193. The lowest BCUT2D eigenvalue weighted by Crippen LogP contribution is -2.21. The van der Waals surface area contributed by atoms with E-state index >= 15 is 0 Å². The molecule has 0 saturated carbocycles. The Hall–Kier alpha value is -2.47. The van der Waals surface area contributed by atoms with Crippen molar-refractivity contribution in [2.24, 2.45) is 5.10 Å². The summed E-state index contributed by atoms with van der Waals surface area (Å²) in [5.41, 5.74) is 4.59. The van der Waals surface area contributed by atoms with E-state index in [2.05, 4.69) is 20.7 Å². The number of nitrogens with one attached hydrogen (secondary N) is 1. The minimum Gasteiger partial charge on any atom is -0.272 e. The van der Waals surface area contributed by atoms with E-state index in [0.29, 0.717) is 20.6 Å². The van der Waals surface area contributed by atoms with Crippen molar-refractivity contribution in [3.63, 3.8) is 0 Å². The Morgan fingerprint density at radius 1 is 1.19 bits per heavy atom. The Morgan fingerprint density at radius 3 is 2.61 bits per heavy atom. The molecule has 3 aromatic rings. The zero-order chi connectivity index (χ0) is 22.2. The summed E-state index contributed by atoms with van der Waals surface area (Å²) in [5, 5.41) is 23.8. The van der Waals surface area contributed by atoms with Gasteiger partial charge in [0.15, 0.2) is 8.68 Å². The molecule has 0 radical (unpaired) electrons. The molecule has 1 amide bonds. The molecule has 0 aliphatic carbocycles. The topological polar surface area (TPSA) is 110 Å². The largest absolute Gasteiger partial charge is 0.272 e. The highest BCUT2D eigenvalue weighted by Crippen LogP contribution is 2.30. The molecule has 0 aliphatic heterocycles. The molecule has 0 spiro atoms. The molecule has 0 aliphatic rings. The van der Waals surface area contributed by atoms with Crippen LogP contribution in [-0.4, -0.2) is 32.5 Å². The number of nitrogens with zero attached hydrogens (tertiary/aromatic N) is 4. The zero-order valence-corrected chi connectivity index (χ0v) is 19.4. The smallest absolute Gasteiger partial charge is 0.270 e. The van der Waals surface area contributed by atoms with Gasteiger partial charge in [-0.2, -0.15) is 5.10 Å². The highest BCUT2D eigenvalue weighted by atomic mass is 35.5. The molecule has 0 fully saturated rings. The number of hydrogen-bond donors (Lipinski definition) is 1. The number of amides is 1. The van der Waals surface area contributed by atoms with Gasteiger partial charge in [-0.3, -0.25) is 14.9 Å². The summed E-state index contributed by atoms with van der Waals surface area (Å²) in [6.45, 7) is 1.67. The molecule has 12 heteroatoms. The van der Waals surface area contributed by atoms with Crippen LogP contribution in [0.25, 0.3) is 0 Å². The average Bonchev–Trinajstić information content (AvgIpc) is 3.23. The maximum atomic E-state index is 12.1. The van der Waals surface area contributed by atoms with Gasteiger partial charge in [0.25, 0.3) is 11.6 Å². The van der Waals surface area contributed by atoms with E-state index in [1.165, 1.54) is 35.2 Å². The number of non-ortho nitro benzene ring substituents is 1. The molecule has 0 saturated heterocycles. The minimum absolute atomic E-state index is 0.0325. The number of halogens is 1. The third-order valence-electron chi connectivity index (χ3n) is 3.81. The molecular weight excluding hydrogens is 478 g/mol. The number of rotatable bonds is 9. The number of nitro groups is 1. The molecule has 31 heavy (non-hydrogen) atoms. The van der Waals surface area contributed by atoms with Crippen LogP contribution in [0, 0.1) is 10.1 Å². The normalized spacial score (nSPS) is 11.4. The number of carbonyl (C=O) groups is 1. The fraction of sp³-hybridized carbons (Fsp3) is 0.158. The van der Waals surface area contributed by atoms with Crippen LogP contribution in [0.3, 0.4) is 0 Å². The van der Waals surface area contributed by atoms with E-state index in [0.717, 1.165) is 15.7 Å². The van der Waals surface area contributed by atoms with Gasteiger partial charge < -0.3 is 0 Å². The predicted octanol–water partition coefficient (Wildman–Crippen LogP) is 5.02. The molecule has 0 bridgehead atoms. The van der Waals surface area contributed by atoms with Gasteiger partial charge in [-0.05, 0) is 24.6 Å². The van der Waals surface area contributed by atoms with Crippen molar-refractivity contribution in [3.8, 4) is 0 Å². The Morgan fingerprint density at radius 2 is 1.90 bits per heavy atom. The van der Waals surface area contributed by atoms with E-state index in [4.69, 9.17) is 11.6 Å². The van der Waals surface area contributed by atoms with E-state index in [-0.39, 0.29) is 17.3 Å². The van der Waals surface area contributed by atoms with Gasteiger partial charge >= 0.3 is 0 Å². The molecule has 0 unspecified atom stereocenters. The van der Waals surface area contributed by atoms with Crippen molar-refractivity contribution < 1.29 is 9.72 Å². The second-order valence-corrected chi connectivity index (χ2v) is 9.94. The van der Waals surface area contributed by atoms with Gasteiger partial charge in [-0.15, -0.1) is 10.2 Å². The van der Waals surface area contributed by atoms with Gasteiger partial charge in [-0.25, -0.2) is 5.43 Å². The number of nitro benzene ring substituents is 1. The van der Waals surface area contributed by atoms with Gasteiger partial charge in [-0.1, -0.05) is 70.7 Å². The van der Waals surface area contributed by atoms with Gasteiger partial charge in [0.2, 0.25) is 0 Å². The van der Waals surface area contributed by atoms with Crippen molar-refractivity contribution in [1.29, 1.82) is 0 Å². The molecular formula is C19H16ClN5O3S3. The standard InChI is InChI=1S/C19H16ClN5O3S3/c1-12(14-3-2-4-16(9-14)25(27)28)21-22-17(26)11-30-19-24-23-18(31-19)29-10-13-5-7-15(20)8-6-13/h2-9H,10-11H2,1H3,(H,22,26)/b21-12+. The summed E-state index contributed by atoms with van der Waals surface area (Å²) in [7, 11) is 0. The number of hydrazone groups is 1. The number of hydrogen-bond acceptors (Lipinski definition) is 9. The molecule has 1 aromatic heterocycles. The molecule has 160 valence electrons. The van der Waals surface area contributed by atoms with Crippen LogP contribution < -0.4 is 5.43 Å². The lowest BCUT2D eigenvalue weighted by Gasteiger charge is -2.02. The fourth-order valence-corrected chi connectivity index (χ4v) is 5.15. The van der Waals surface area contributed by atoms with Crippen molar-refractivity contribution in [1.82, 2.24) is 15.6 Å². The van der Waals surface area contributed by atoms with E-state index in [1.54, 1.807) is 30.8 Å². The Balaban J connectivity index is 1.46. The van der Waals surface area contributed by atoms with Crippen LogP contribution in [0.4, 0.5) is 5.69 Å². The lowest BCUT2D eigenvalue weighted by atomic mass is 10.1. The Bertz CT molecular complexity index is 1110. The Kier molecular flexibility index (Phi) is 8.41.